The molecule has 0 aromatic carbocycles. The van der Waals surface area contributed by atoms with Crippen LogP contribution in [0.1, 0.15) is 98.3 Å². The fraction of sp³-hybridized carbons (Fsp3) is 1.00. The van der Waals surface area contributed by atoms with E-state index in [1.165, 1.54) is 44.9 Å². The lowest BCUT2D eigenvalue weighted by Crippen LogP contribution is -2.55. The van der Waals surface area contributed by atoms with Crippen LogP contribution in [0.2, 0.25) is 0 Å². The monoisotopic (exact) mass is 466 g/mol. The van der Waals surface area contributed by atoms with Crippen molar-refractivity contribution >= 4 is 0 Å². The van der Waals surface area contributed by atoms with E-state index in [4.69, 9.17) is 20.9 Å². The van der Waals surface area contributed by atoms with Crippen molar-refractivity contribution in [2.24, 2.45) is 46.0 Å². The normalized spacial score (nSPS) is 40.3. The van der Waals surface area contributed by atoms with Gasteiger partial charge in [0, 0.05) is 13.2 Å². The smallest absolute Gasteiger partial charge is 0.0609 e. The number of nitrogens with two attached hydrogens (primary N) is 2. The van der Waals surface area contributed by atoms with Crippen LogP contribution in [-0.2, 0) is 9.47 Å². The fourth-order valence-corrected chi connectivity index (χ4v) is 8.26. The number of aliphatic hydroxyl groups is 1. The van der Waals surface area contributed by atoms with E-state index in [0.717, 1.165) is 38.9 Å². The van der Waals surface area contributed by atoms with Gasteiger partial charge >= 0.3 is 0 Å². The van der Waals surface area contributed by atoms with Crippen LogP contribution in [0.3, 0.4) is 0 Å². The van der Waals surface area contributed by atoms with Crippen molar-refractivity contribution in [1.29, 1.82) is 0 Å². The minimum absolute atomic E-state index is 0.209. The molecule has 0 amide bonds. The molecular weight excluding hydrogens is 412 g/mol. The third-order valence-corrected chi connectivity index (χ3v) is 10.2. The molecule has 6 unspecified atom stereocenters. The maximum atomic E-state index is 10.6. The lowest BCUT2D eigenvalue weighted by molar-refractivity contribution is -0.155. The molecule has 0 saturated heterocycles. The summed E-state index contributed by atoms with van der Waals surface area (Å²) in [6.45, 7) is 12.3. The minimum atomic E-state index is -0.209. The number of rotatable bonds is 13. The van der Waals surface area contributed by atoms with Crippen molar-refractivity contribution in [3.8, 4) is 0 Å². The van der Waals surface area contributed by atoms with Gasteiger partial charge in [-0.2, -0.15) is 0 Å². The minimum Gasteiger partial charge on any atom is -0.393 e. The van der Waals surface area contributed by atoms with Gasteiger partial charge in [-0.25, -0.2) is 0 Å². The molecule has 5 nitrogen and oxygen atoms in total. The third kappa shape index (κ3) is 5.97. The Morgan fingerprint density at radius 3 is 2.36 bits per heavy atom. The molecule has 3 saturated carbocycles. The van der Waals surface area contributed by atoms with Gasteiger partial charge in [0.15, 0.2) is 0 Å². The van der Waals surface area contributed by atoms with E-state index in [0.29, 0.717) is 54.4 Å². The first-order chi connectivity index (χ1) is 15.8. The van der Waals surface area contributed by atoms with Crippen molar-refractivity contribution in [2.45, 2.75) is 117 Å². The number of aliphatic hydroxyl groups excluding tert-OH is 1. The summed E-state index contributed by atoms with van der Waals surface area (Å²) in [5.74, 6) is 2.42. The van der Waals surface area contributed by atoms with Gasteiger partial charge in [0.05, 0.1) is 18.3 Å². The molecule has 0 aromatic rings. The van der Waals surface area contributed by atoms with Crippen LogP contribution in [0.25, 0.3) is 0 Å². The highest BCUT2D eigenvalue weighted by atomic mass is 16.5. The van der Waals surface area contributed by atoms with Crippen molar-refractivity contribution in [3.05, 3.63) is 0 Å². The van der Waals surface area contributed by atoms with Gasteiger partial charge in [-0.1, -0.05) is 20.8 Å². The quantitative estimate of drug-likeness (QED) is 0.336. The predicted octanol–water partition coefficient (Wildman–Crippen LogP) is 4.88. The molecule has 9 atom stereocenters. The number of hydrogen-bond acceptors (Lipinski definition) is 5. The van der Waals surface area contributed by atoms with Gasteiger partial charge in [0.25, 0.3) is 0 Å². The van der Waals surface area contributed by atoms with Gasteiger partial charge in [0.2, 0.25) is 0 Å². The molecule has 0 aromatic heterocycles. The predicted molar refractivity (Wildman–Crippen MR) is 136 cm³/mol. The molecule has 5 heteroatoms. The fourth-order valence-electron chi connectivity index (χ4n) is 8.26. The molecule has 0 spiro atoms. The van der Waals surface area contributed by atoms with E-state index >= 15 is 0 Å². The zero-order valence-corrected chi connectivity index (χ0v) is 22.1. The van der Waals surface area contributed by atoms with E-state index in [2.05, 4.69) is 20.8 Å². The molecule has 0 radical (unpaired) electrons. The van der Waals surface area contributed by atoms with Crippen molar-refractivity contribution in [1.82, 2.24) is 0 Å². The second-order valence-corrected chi connectivity index (χ2v) is 12.1. The third-order valence-electron chi connectivity index (χ3n) is 10.2. The Bertz CT molecular complexity index is 587. The highest BCUT2D eigenvalue weighted by molar-refractivity contribution is 5.09. The van der Waals surface area contributed by atoms with E-state index in [1.807, 2.05) is 6.92 Å². The summed E-state index contributed by atoms with van der Waals surface area (Å²) in [5, 5.41) is 10.6. The summed E-state index contributed by atoms with van der Waals surface area (Å²) in [5.41, 5.74) is 12.0. The Balaban J connectivity index is 1.76. The van der Waals surface area contributed by atoms with Crippen molar-refractivity contribution in [3.63, 3.8) is 0 Å². The van der Waals surface area contributed by atoms with Gasteiger partial charge in [-0.15, -0.1) is 0 Å². The molecule has 5 N–H and O–H groups in total. The molecule has 33 heavy (non-hydrogen) atoms. The largest absolute Gasteiger partial charge is 0.393 e. The molecular formula is C28H54N2O3. The molecule has 0 bridgehead atoms. The lowest BCUT2D eigenvalue weighted by Gasteiger charge is -2.59. The highest BCUT2D eigenvalue weighted by Crippen LogP contribution is 2.66. The molecule has 0 heterocycles. The van der Waals surface area contributed by atoms with Crippen LogP contribution in [0.5, 0.6) is 0 Å². The van der Waals surface area contributed by atoms with Crippen LogP contribution < -0.4 is 11.5 Å². The van der Waals surface area contributed by atoms with Crippen LogP contribution in [0.4, 0.5) is 0 Å². The molecule has 3 aliphatic rings. The lowest BCUT2D eigenvalue weighted by atomic mass is 9.47. The maximum Gasteiger partial charge on any atom is 0.0609 e. The topological polar surface area (TPSA) is 90.7 Å². The number of hydrogen-bond donors (Lipinski definition) is 3. The average Bonchev–Trinajstić information content (AvgIpc) is 3.15. The van der Waals surface area contributed by atoms with Crippen LogP contribution in [0.15, 0.2) is 0 Å². The Kier molecular flexibility index (Phi) is 10.1. The maximum absolute atomic E-state index is 10.6. The van der Waals surface area contributed by atoms with Crippen molar-refractivity contribution < 1.29 is 14.6 Å². The Hall–Kier alpha value is -0.200. The van der Waals surface area contributed by atoms with E-state index in [9.17, 15) is 5.11 Å². The summed E-state index contributed by atoms with van der Waals surface area (Å²) in [6.07, 6.45) is 13.2. The van der Waals surface area contributed by atoms with Gasteiger partial charge in [-0.3, -0.25) is 0 Å². The molecule has 3 rings (SSSR count). The van der Waals surface area contributed by atoms with Crippen LogP contribution >= 0.6 is 0 Å². The SMILES string of the molecule is CC[C@@H](CCC1(C)CC[C@@H](OCCCN)C2C3CCC(C(C)O)C3(C)CC[C@@H]21)OCCCN. The Morgan fingerprint density at radius 1 is 0.970 bits per heavy atom. The number of ether oxygens (including phenoxy) is 2. The van der Waals surface area contributed by atoms with E-state index in [-0.39, 0.29) is 11.5 Å². The highest BCUT2D eigenvalue weighted by Gasteiger charge is 2.60. The average molecular weight is 467 g/mol. The van der Waals surface area contributed by atoms with E-state index < -0.39 is 0 Å². The summed E-state index contributed by atoms with van der Waals surface area (Å²) in [6, 6.07) is 0. The van der Waals surface area contributed by atoms with Gasteiger partial charge in [0.1, 0.15) is 0 Å². The Labute approximate surface area is 203 Å². The molecule has 3 fully saturated rings. The van der Waals surface area contributed by atoms with Crippen LogP contribution in [-0.4, -0.2) is 49.7 Å². The standard InChI is InChI=1S/C28H54N2O3/c1-5-21(32-18-6-16-29)10-13-27(3)14-12-25(33-19-7-17-30)26-23(27)11-15-28(4)22(20(2)31)8-9-24(26)28/h20-26,31H,5-19,29-30H2,1-4H3/t20?,21-,22?,23-,24?,25+,26?,27?,28?/m0/s1. The van der Waals surface area contributed by atoms with Gasteiger partial charge < -0.3 is 26.0 Å². The molecule has 0 aliphatic heterocycles. The second-order valence-electron chi connectivity index (χ2n) is 12.1. The van der Waals surface area contributed by atoms with Crippen LogP contribution in [0, 0.1) is 34.5 Å². The summed E-state index contributed by atoms with van der Waals surface area (Å²) < 4.78 is 12.7. The van der Waals surface area contributed by atoms with E-state index in [1.54, 1.807) is 0 Å². The molecule has 194 valence electrons. The molecule has 3 aliphatic carbocycles. The summed E-state index contributed by atoms with van der Waals surface area (Å²) in [7, 11) is 0. The summed E-state index contributed by atoms with van der Waals surface area (Å²) in [4.78, 5) is 0. The van der Waals surface area contributed by atoms with Crippen molar-refractivity contribution in [2.75, 3.05) is 26.3 Å². The first kappa shape index (κ1) is 27.4. The first-order valence-corrected chi connectivity index (χ1v) is 14.1. The zero-order chi connectivity index (χ0) is 24.1. The number of fused-ring (bicyclic) bond motifs is 3. The first-order valence-electron chi connectivity index (χ1n) is 14.1. The van der Waals surface area contributed by atoms with Gasteiger partial charge in [-0.05, 0) is 125 Å². The second kappa shape index (κ2) is 12.2. The zero-order valence-electron chi connectivity index (χ0n) is 22.1. The summed E-state index contributed by atoms with van der Waals surface area (Å²) >= 11 is 0. The Morgan fingerprint density at radius 2 is 1.70 bits per heavy atom.